The van der Waals surface area contributed by atoms with Crippen LogP contribution in [-0.4, -0.2) is 67.8 Å². The first-order valence-corrected chi connectivity index (χ1v) is 3.46. The zero-order chi connectivity index (χ0) is 6.50. The van der Waals surface area contributed by atoms with Gasteiger partial charge in [-0.25, -0.2) is 0 Å². The molecule has 5 nitrogen and oxygen atoms in total. The maximum atomic E-state index is 8.74. The maximum absolute atomic E-state index is 8.74. The summed E-state index contributed by atoms with van der Waals surface area (Å²) < 4.78 is 39.9. The molecule has 0 atom stereocenters. The van der Waals surface area contributed by atoms with Gasteiger partial charge in [0.2, 0.25) is 0 Å². The van der Waals surface area contributed by atoms with E-state index in [1.807, 2.05) is 0 Å². The molecule has 0 aliphatic rings. The van der Waals surface area contributed by atoms with Crippen molar-refractivity contribution in [2.75, 3.05) is 0 Å². The molecule has 2 radical (unpaired) electrons. The van der Waals surface area contributed by atoms with Gasteiger partial charge in [-0.2, -0.15) is 8.42 Å². The fourth-order valence-electron chi connectivity index (χ4n) is 0. The Balaban J connectivity index is -0.0000000750. The van der Waals surface area contributed by atoms with Crippen LogP contribution in [-0.2, 0) is 13.4 Å². The van der Waals surface area contributed by atoms with E-state index in [-0.39, 0.29) is 27.3 Å². The van der Waals surface area contributed by atoms with E-state index in [2.05, 4.69) is 0 Å². The van der Waals surface area contributed by atoms with Gasteiger partial charge in [0.05, 0.1) is 0 Å². The molecular weight excluding hydrogens is 441 g/mol. The van der Waals surface area contributed by atoms with Crippen molar-refractivity contribution >= 4 is 60.7 Å². The molecule has 0 aliphatic carbocycles. The van der Waals surface area contributed by atoms with Gasteiger partial charge in [0, 0.05) is 0 Å². The third kappa shape index (κ3) is 153. The molecule has 0 spiro atoms. The van der Waals surface area contributed by atoms with E-state index < -0.39 is 10.4 Å². The summed E-state index contributed by atoms with van der Waals surface area (Å²) in [6.07, 6.45) is 0. The minimum atomic E-state index is -4.67. The van der Waals surface area contributed by atoms with E-state index in [9.17, 15) is 0 Å². The molecule has 0 unspecified atom stereocenters. The number of rotatable bonds is 0. The molecule has 0 heterocycles. The van der Waals surface area contributed by atoms with Crippen molar-refractivity contribution in [3.8, 4) is 0 Å². The van der Waals surface area contributed by atoms with Gasteiger partial charge in [0.1, 0.15) is 0 Å². The van der Waals surface area contributed by atoms with Crippen LogP contribution in [0.25, 0.3) is 0 Å². The SMILES string of the molecule is O=S(=O)(O)O.[O]=[SbH].[PbH2]. The van der Waals surface area contributed by atoms with Crippen molar-refractivity contribution in [1.29, 1.82) is 0 Å². The van der Waals surface area contributed by atoms with Gasteiger partial charge in [0.15, 0.2) is 0 Å². The van der Waals surface area contributed by atoms with E-state index in [1.165, 1.54) is 0 Å². The van der Waals surface area contributed by atoms with E-state index in [0.29, 0.717) is 23.0 Å². The summed E-state index contributed by atoms with van der Waals surface area (Å²) in [7, 11) is -4.67. The van der Waals surface area contributed by atoms with Crippen molar-refractivity contribution in [1.82, 2.24) is 0 Å². The Labute approximate surface area is 80.5 Å². The summed E-state index contributed by atoms with van der Waals surface area (Å²) in [5.74, 6) is 0. The molecule has 0 aromatic rings. The molecule has 0 aliphatic heterocycles. The second-order valence-corrected chi connectivity index (χ2v) is 1.34. The Hall–Kier alpha value is 1.41. The zero-order valence-corrected chi connectivity index (χ0v) is 12.9. The second kappa shape index (κ2) is 8.41. The summed E-state index contributed by atoms with van der Waals surface area (Å²) in [4.78, 5) is 0. The first kappa shape index (κ1) is 16.2. The quantitative estimate of drug-likeness (QED) is 0.322. The third-order valence-corrected chi connectivity index (χ3v) is 0. The van der Waals surface area contributed by atoms with Crippen LogP contribution in [0.3, 0.4) is 0 Å². The van der Waals surface area contributed by atoms with Crippen LogP contribution in [0.4, 0.5) is 0 Å². The molecule has 2 N–H and O–H groups in total. The fourth-order valence-corrected chi connectivity index (χ4v) is 0. The molecule has 0 saturated heterocycles. The molecule has 0 amide bonds. The predicted octanol–water partition coefficient (Wildman–Crippen LogP) is -2.34. The Morgan fingerprint density at radius 3 is 1.12 bits per heavy atom. The molecule has 0 fully saturated rings. The van der Waals surface area contributed by atoms with Crippen molar-refractivity contribution < 1.29 is 20.5 Å². The molecular formula is H5O5PbSSb. The van der Waals surface area contributed by atoms with Gasteiger partial charge < -0.3 is 0 Å². The molecule has 50 valence electrons. The molecule has 0 aromatic carbocycles. The van der Waals surface area contributed by atoms with Gasteiger partial charge in [-0.05, 0) is 0 Å². The average molecular weight is 446 g/mol. The summed E-state index contributed by atoms with van der Waals surface area (Å²) >= 11 is 0.300. The van der Waals surface area contributed by atoms with Crippen LogP contribution >= 0.6 is 0 Å². The monoisotopic (exact) mass is 446 g/mol. The summed E-state index contributed by atoms with van der Waals surface area (Å²) in [6.45, 7) is 0. The average Bonchev–Trinajstić information content (AvgIpc) is 1.36. The standard InChI is InChI=1S/H2O4S.O.Pb.Sb.3H/c1-5(2,3)4;;;;;;/h(H2,1,2,3,4);;;;;;. The third-order valence-electron chi connectivity index (χ3n) is 0. The summed E-state index contributed by atoms with van der Waals surface area (Å²) in [6, 6.07) is 0. The fraction of sp³-hybridized carbons (Fsp3) is 0. The van der Waals surface area contributed by atoms with Crippen LogP contribution in [0.1, 0.15) is 0 Å². The predicted molar refractivity (Wildman–Crippen MR) is 30.6 cm³/mol. The van der Waals surface area contributed by atoms with Crippen LogP contribution in [0.2, 0.25) is 0 Å². The number of hydrogen-bond acceptors (Lipinski definition) is 3. The molecule has 8 heavy (non-hydrogen) atoms. The summed E-state index contributed by atoms with van der Waals surface area (Å²) in [5, 5.41) is 0. The van der Waals surface area contributed by atoms with Crippen LogP contribution < -0.4 is 0 Å². The van der Waals surface area contributed by atoms with Crippen LogP contribution in [0.5, 0.6) is 0 Å². The molecule has 8 heteroatoms. The van der Waals surface area contributed by atoms with Crippen LogP contribution in [0, 0.1) is 0 Å². The minimum absolute atomic E-state index is 0. The van der Waals surface area contributed by atoms with Gasteiger partial charge in [-0.15, -0.1) is 0 Å². The molecule has 0 aromatic heterocycles. The van der Waals surface area contributed by atoms with Crippen molar-refractivity contribution in [3.05, 3.63) is 0 Å². The van der Waals surface area contributed by atoms with Gasteiger partial charge in [-0.1, -0.05) is 0 Å². The van der Waals surface area contributed by atoms with E-state index in [1.54, 1.807) is 0 Å². The van der Waals surface area contributed by atoms with Crippen molar-refractivity contribution in [2.45, 2.75) is 0 Å². The van der Waals surface area contributed by atoms with Gasteiger partial charge in [0.25, 0.3) is 0 Å². The summed E-state index contributed by atoms with van der Waals surface area (Å²) in [5.41, 5.74) is 0. The van der Waals surface area contributed by atoms with Crippen molar-refractivity contribution in [3.63, 3.8) is 0 Å². The topological polar surface area (TPSA) is 91.7 Å². The first-order valence-electron chi connectivity index (χ1n) is 0.903. The van der Waals surface area contributed by atoms with E-state index in [4.69, 9.17) is 20.5 Å². The van der Waals surface area contributed by atoms with Crippen LogP contribution in [0.15, 0.2) is 0 Å². The zero-order valence-electron chi connectivity index (χ0n) is 3.73. The first-order chi connectivity index (χ1) is 3.00. The Bertz CT molecular complexity index is 106. The normalized spacial score (nSPS) is 7.75. The Morgan fingerprint density at radius 2 is 1.12 bits per heavy atom. The second-order valence-electron chi connectivity index (χ2n) is 0.448. The van der Waals surface area contributed by atoms with E-state index >= 15 is 0 Å². The number of hydrogen-bond donors (Lipinski definition) is 2. The molecule has 0 saturated carbocycles. The molecule has 0 rings (SSSR count). The Kier molecular flexibility index (Phi) is 17.0. The van der Waals surface area contributed by atoms with Crippen molar-refractivity contribution in [2.24, 2.45) is 0 Å². The van der Waals surface area contributed by atoms with Gasteiger partial charge >= 0.3 is 63.7 Å². The molecule has 0 bridgehead atoms. The van der Waals surface area contributed by atoms with Gasteiger partial charge in [-0.3, -0.25) is 9.11 Å². The van der Waals surface area contributed by atoms with E-state index in [0.717, 1.165) is 0 Å². The Morgan fingerprint density at radius 1 is 1.12 bits per heavy atom.